The van der Waals surface area contributed by atoms with E-state index in [-0.39, 0.29) is 5.56 Å². The fraction of sp³-hybridized carbons (Fsp3) is 0.227. The van der Waals surface area contributed by atoms with Gasteiger partial charge in [-0.15, -0.1) is 5.10 Å². The molecule has 8 heteroatoms. The van der Waals surface area contributed by atoms with E-state index in [0.717, 1.165) is 31.0 Å². The Labute approximate surface area is 182 Å². The van der Waals surface area contributed by atoms with Crippen LogP contribution in [0.15, 0.2) is 47.3 Å². The summed E-state index contributed by atoms with van der Waals surface area (Å²) in [5, 5.41) is 16.0. The van der Waals surface area contributed by atoms with Gasteiger partial charge in [0.25, 0.3) is 5.56 Å². The molecule has 5 rings (SSSR count). The Morgan fingerprint density at radius 2 is 1.77 bits per heavy atom. The first kappa shape index (κ1) is 19.0. The molecule has 0 radical (unpaired) electrons. The molecule has 4 aromatic rings. The highest BCUT2D eigenvalue weighted by atomic mass is 35.5. The van der Waals surface area contributed by atoms with Gasteiger partial charge in [0.1, 0.15) is 11.6 Å². The van der Waals surface area contributed by atoms with Gasteiger partial charge in [0.2, 0.25) is 0 Å². The number of anilines is 1. The number of piperidine rings is 1. The molecular weight excluding hydrogens is 421 g/mol. The molecule has 0 bridgehead atoms. The van der Waals surface area contributed by atoms with Crippen molar-refractivity contribution in [2.75, 3.05) is 18.0 Å². The summed E-state index contributed by atoms with van der Waals surface area (Å²) in [4.78, 5) is 18.2. The zero-order valence-electron chi connectivity index (χ0n) is 15.9. The van der Waals surface area contributed by atoms with Crippen LogP contribution in [-0.2, 0) is 0 Å². The van der Waals surface area contributed by atoms with Crippen LogP contribution in [0, 0.1) is 11.3 Å². The van der Waals surface area contributed by atoms with E-state index in [1.54, 1.807) is 18.2 Å². The third-order valence-corrected chi connectivity index (χ3v) is 6.26. The second-order valence-electron chi connectivity index (χ2n) is 7.50. The second kappa shape index (κ2) is 7.35. The number of hydrogen-bond donors (Lipinski definition) is 1. The Bertz CT molecular complexity index is 1360. The van der Waals surface area contributed by atoms with Crippen molar-refractivity contribution in [1.82, 2.24) is 14.6 Å². The summed E-state index contributed by atoms with van der Waals surface area (Å²) in [6, 6.07) is 15.3. The number of aromatic amines is 1. The lowest BCUT2D eigenvalue weighted by atomic mass is 9.89. The van der Waals surface area contributed by atoms with Crippen molar-refractivity contribution < 1.29 is 0 Å². The number of fused-ring (bicyclic) bond motifs is 2. The number of halogens is 2. The molecule has 0 saturated carbocycles. The fourth-order valence-corrected chi connectivity index (χ4v) is 4.49. The molecule has 1 aliphatic heterocycles. The van der Waals surface area contributed by atoms with E-state index in [0.29, 0.717) is 38.9 Å². The van der Waals surface area contributed by atoms with Crippen molar-refractivity contribution in [2.24, 2.45) is 0 Å². The molecule has 1 N–H and O–H groups in total. The van der Waals surface area contributed by atoms with E-state index in [4.69, 9.17) is 23.2 Å². The van der Waals surface area contributed by atoms with Crippen LogP contribution in [-0.4, -0.2) is 27.7 Å². The summed E-state index contributed by atoms with van der Waals surface area (Å²) in [6.45, 7) is 1.51. The lowest BCUT2D eigenvalue weighted by Crippen LogP contribution is -2.33. The predicted molar refractivity (Wildman–Crippen MR) is 119 cm³/mol. The fourth-order valence-electron chi connectivity index (χ4n) is 4.20. The van der Waals surface area contributed by atoms with Crippen molar-refractivity contribution in [2.45, 2.75) is 18.8 Å². The maximum absolute atomic E-state index is 13.0. The van der Waals surface area contributed by atoms with Gasteiger partial charge in [-0.3, -0.25) is 4.79 Å². The first-order valence-electron chi connectivity index (χ1n) is 9.70. The lowest BCUT2D eigenvalue weighted by Gasteiger charge is -2.32. The average Bonchev–Trinajstić information content (AvgIpc) is 3.14. The smallest absolute Gasteiger partial charge is 0.282 e. The Morgan fingerprint density at radius 3 is 2.47 bits per heavy atom. The van der Waals surface area contributed by atoms with E-state index in [2.05, 4.69) is 33.2 Å². The lowest BCUT2D eigenvalue weighted by molar-refractivity contribution is 0.502. The molecule has 0 unspecified atom stereocenters. The average molecular weight is 438 g/mol. The number of nitrogens with zero attached hydrogens (tertiary/aromatic N) is 4. The Morgan fingerprint density at radius 1 is 1.07 bits per heavy atom. The number of aromatic nitrogens is 3. The summed E-state index contributed by atoms with van der Waals surface area (Å²) in [6.07, 6.45) is 1.87. The summed E-state index contributed by atoms with van der Waals surface area (Å²) in [7, 11) is 0. The normalized spacial score (nSPS) is 15.0. The first-order chi connectivity index (χ1) is 14.5. The van der Waals surface area contributed by atoms with Gasteiger partial charge in [-0.05, 0) is 54.7 Å². The number of rotatable bonds is 2. The summed E-state index contributed by atoms with van der Waals surface area (Å²) >= 11 is 12.1. The van der Waals surface area contributed by atoms with Crippen LogP contribution in [0.3, 0.4) is 0 Å². The van der Waals surface area contributed by atoms with Crippen LogP contribution in [0.2, 0.25) is 10.0 Å². The van der Waals surface area contributed by atoms with E-state index in [1.807, 2.05) is 12.1 Å². The van der Waals surface area contributed by atoms with Crippen molar-refractivity contribution in [3.05, 3.63) is 74.0 Å². The van der Waals surface area contributed by atoms with E-state index in [1.165, 1.54) is 10.1 Å². The molecule has 0 aliphatic carbocycles. The zero-order valence-corrected chi connectivity index (χ0v) is 17.4. The van der Waals surface area contributed by atoms with Gasteiger partial charge < -0.3 is 9.88 Å². The van der Waals surface area contributed by atoms with Gasteiger partial charge in [0, 0.05) is 23.1 Å². The molecule has 150 valence electrons. The number of benzene rings is 2. The van der Waals surface area contributed by atoms with Crippen LogP contribution in [0.1, 0.15) is 29.9 Å². The monoisotopic (exact) mass is 437 g/mol. The minimum Gasteiger partial charge on any atom is -0.354 e. The highest BCUT2D eigenvalue weighted by molar-refractivity contribution is 6.31. The zero-order chi connectivity index (χ0) is 20.8. The molecule has 3 heterocycles. The van der Waals surface area contributed by atoms with E-state index < -0.39 is 0 Å². The molecule has 1 fully saturated rings. The highest BCUT2D eigenvalue weighted by Crippen LogP contribution is 2.32. The topological polar surface area (TPSA) is 77.2 Å². The van der Waals surface area contributed by atoms with Crippen LogP contribution in [0.5, 0.6) is 0 Å². The Kier molecular flexibility index (Phi) is 4.65. The first-order valence-corrected chi connectivity index (χ1v) is 10.5. The molecule has 0 amide bonds. The largest absolute Gasteiger partial charge is 0.354 e. The standard InChI is InChI=1S/C22H17Cl2N5O/c23-15-3-1-13(2-4-15)14-7-9-28(10-8-14)21-18(12-25)20-26-19-6-5-16(24)11-17(19)22(30)29(20)27-21/h1-6,11,14,26H,7-10H2. The van der Waals surface area contributed by atoms with Crippen molar-refractivity contribution in [1.29, 1.82) is 5.26 Å². The number of H-pyrrole nitrogens is 1. The Balaban J connectivity index is 1.51. The third kappa shape index (κ3) is 3.11. The van der Waals surface area contributed by atoms with Crippen molar-refractivity contribution >= 4 is 45.6 Å². The van der Waals surface area contributed by atoms with Crippen molar-refractivity contribution in [3.8, 4) is 6.07 Å². The number of hydrogen-bond acceptors (Lipinski definition) is 4. The van der Waals surface area contributed by atoms with E-state index >= 15 is 0 Å². The van der Waals surface area contributed by atoms with Crippen LogP contribution < -0.4 is 10.5 Å². The molecule has 30 heavy (non-hydrogen) atoms. The highest BCUT2D eigenvalue weighted by Gasteiger charge is 2.26. The van der Waals surface area contributed by atoms with Gasteiger partial charge >= 0.3 is 0 Å². The quantitative estimate of drug-likeness (QED) is 0.491. The molecule has 2 aromatic heterocycles. The molecule has 1 aliphatic rings. The number of nitriles is 1. The van der Waals surface area contributed by atoms with Gasteiger partial charge in [-0.2, -0.15) is 9.78 Å². The molecule has 0 spiro atoms. The Hall–Kier alpha value is -3.01. The minimum absolute atomic E-state index is 0.292. The molecule has 2 aromatic carbocycles. The van der Waals surface area contributed by atoms with Crippen LogP contribution in [0.4, 0.5) is 5.82 Å². The molecule has 6 nitrogen and oxygen atoms in total. The maximum atomic E-state index is 13.0. The van der Waals surface area contributed by atoms with Crippen molar-refractivity contribution in [3.63, 3.8) is 0 Å². The van der Waals surface area contributed by atoms with Crippen LogP contribution in [0.25, 0.3) is 16.6 Å². The summed E-state index contributed by atoms with van der Waals surface area (Å²) in [5.41, 5.74) is 2.40. The maximum Gasteiger partial charge on any atom is 0.282 e. The minimum atomic E-state index is -0.292. The summed E-state index contributed by atoms with van der Waals surface area (Å²) in [5.74, 6) is 0.981. The molecule has 1 saturated heterocycles. The number of nitrogens with one attached hydrogen (secondary N) is 1. The second-order valence-corrected chi connectivity index (χ2v) is 8.38. The summed E-state index contributed by atoms with van der Waals surface area (Å²) < 4.78 is 1.28. The SMILES string of the molecule is N#Cc1c(N2CCC(c3ccc(Cl)cc3)CC2)nn2c(=O)c3cc(Cl)ccc3[nH]c12. The van der Waals surface area contributed by atoms with Gasteiger partial charge in [-0.25, -0.2) is 0 Å². The van der Waals surface area contributed by atoms with Gasteiger partial charge in [-0.1, -0.05) is 35.3 Å². The third-order valence-electron chi connectivity index (χ3n) is 5.77. The molecule has 0 atom stereocenters. The van der Waals surface area contributed by atoms with Crippen LogP contribution >= 0.6 is 23.2 Å². The van der Waals surface area contributed by atoms with Gasteiger partial charge in [0.05, 0.1) is 10.9 Å². The predicted octanol–water partition coefficient (Wildman–Crippen LogP) is 4.74. The molecular formula is C22H17Cl2N5O. The van der Waals surface area contributed by atoms with Gasteiger partial charge in [0.15, 0.2) is 11.5 Å². The van der Waals surface area contributed by atoms with E-state index in [9.17, 15) is 10.1 Å².